The Morgan fingerprint density at radius 3 is 2.86 bits per heavy atom. The number of nitrogens with zero attached hydrogens (tertiary/aromatic N) is 2. The molecule has 22 heavy (non-hydrogen) atoms. The summed E-state index contributed by atoms with van der Waals surface area (Å²) in [6, 6.07) is 9.16. The molecule has 0 radical (unpaired) electrons. The van der Waals surface area contributed by atoms with E-state index in [9.17, 15) is 9.90 Å². The molecule has 5 heteroatoms. The zero-order valence-electron chi connectivity index (χ0n) is 12.9. The Bertz CT molecular complexity index is 534. The predicted octanol–water partition coefficient (Wildman–Crippen LogP) is 1.75. The number of carbonyl (C=O) groups excluding carboxylic acids is 1. The van der Waals surface area contributed by atoms with Crippen LogP contribution in [0.25, 0.3) is 0 Å². The largest absolute Gasteiger partial charge is 0.479 e. The molecule has 0 aromatic heterocycles. The fourth-order valence-electron chi connectivity index (χ4n) is 2.74. The minimum absolute atomic E-state index is 0.0206. The van der Waals surface area contributed by atoms with Gasteiger partial charge in [0.1, 0.15) is 11.8 Å². The summed E-state index contributed by atoms with van der Waals surface area (Å²) >= 11 is 0. The topological polar surface area (TPSA) is 73.6 Å². The third kappa shape index (κ3) is 4.47. The van der Waals surface area contributed by atoms with Gasteiger partial charge in [-0.15, -0.1) is 0 Å². The summed E-state index contributed by atoms with van der Waals surface area (Å²) in [5.74, 6) is 0.903. The van der Waals surface area contributed by atoms with Gasteiger partial charge in [0.2, 0.25) is 5.91 Å². The van der Waals surface area contributed by atoms with Crippen molar-refractivity contribution in [3.8, 4) is 11.8 Å². The lowest BCUT2D eigenvalue weighted by molar-refractivity contribution is -0.133. The van der Waals surface area contributed by atoms with Gasteiger partial charge in [0.15, 0.2) is 6.61 Å². The molecule has 5 nitrogen and oxygen atoms in total. The molecule has 1 saturated heterocycles. The molecular formula is C17H22N2O3. The van der Waals surface area contributed by atoms with Crippen molar-refractivity contribution in [1.82, 2.24) is 4.90 Å². The number of likely N-dealkylation sites (tertiary alicyclic amines) is 1. The van der Waals surface area contributed by atoms with E-state index in [1.807, 2.05) is 23.1 Å². The van der Waals surface area contributed by atoms with Crippen LogP contribution in [0.5, 0.6) is 5.75 Å². The molecule has 2 unspecified atom stereocenters. The van der Waals surface area contributed by atoms with Gasteiger partial charge in [-0.05, 0) is 37.5 Å². The van der Waals surface area contributed by atoms with E-state index in [4.69, 9.17) is 10.00 Å². The zero-order chi connectivity index (χ0) is 15.9. The van der Waals surface area contributed by atoms with Crippen LogP contribution in [0.3, 0.4) is 0 Å². The third-order valence-corrected chi connectivity index (χ3v) is 4.07. The number of nitriles is 1. The van der Waals surface area contributed by atoms with Crippen molar-refractivity contribution >= 4 is 5.91 Å². The van der Waals surface area contributed by atoms with Gasteiger partial charge in [-0.2, -0.15) is 5.26 Å². The number of hydrogen-bond acceptors (Lipinski definition) is 4. The van der Waals surface area contributed by atoms with Crippen LogP contribution in [0.4, 0.5) is 0 Å². The highest BCUT2D eigenvalue weighted by Crippen LogP contribution is 2.21. The first-order valence-electron chi connectivity index (χ1n) is 7.64. The normalized spacial score (nSPS) is 19.3. The second-order valence-electron chi connectivity index (χ2n) is 5.75. The number of carbonyl (C=O) groups is 1. The molecule has 0 aliphatic carbocycles. The number of rotatable bonds is 5. The Hall–Kier alpha value is -2.06. The van der Waals surface area contributed by atoms with E-state index >= 15 is 0 Å². The first-order chi connectivity index (χ1) is 10.6. The molecular weight excluding hydrogens is 280 g/mol. The van der Waals surface area contributed by atoms with Gasteiger partial charge in [-0.3, -0.25) is 4.79 Å². The molecule has 0 spiro atoms. The lowest BCUT2D eigenvalue weighted by Gasteiger charge is -2.34. The van der Waals surface area contributed by atoms with E-state index in [0.717, 1.165) is 24.9 Å². The van der Waals surface area contributed by atoms with Crippen LogP contribution >= 0.6 is 0 Å². The summed E-state index contributed by atoms with van der Waals surface area (Å²) in [5, 5.41) is 18.2. The molecule has 2 atom stereocenters. The summed E-state index contributed by atoms with van der Waals surface area (Å²) < 4.78 is 5.19. The maximum Gasteiger partial charge on any atom is 0.227 e. The van der Waals surface area contributed by atoms with Gasteiger partial charge in [0.25, 0.3) is 0 Å². The summed E-state index contributed by atoms with van der Waals surface area (Å²) in [6.45, 7) is 3.22. The highest BCUT2D eigenvalue weighted by atomic mass is 16.5. The predicted molar refractivity (Wildman–Crippen MR) is 82.2 cm³/mol. The second-order valence-corrected chi connectivity index (χ2v) is 5.75. The quantitative estimate of drug-likeness (QED) is 0.899. The van der Waals surface area contributed by atoms with Crippen molar-refractivity contribution in [3.05, 3.63) is 29.8 Å². The number of aliphatic hydroxyl groups excluding tert-OH is 1. The number of amides is 1. The van der Waals surface area contributed by atoms with Crippen LogP contribution in [-0.4, -0.2) is 41.7 Å². The summed E-state index contributed by atoms with van der Waals surface area (Å²) in [7, 11) is 0. The van der Waals surface area contributed by atoms with E-state index in [1.54, 1.807) is 19.1 Å². The van der Waals surface area contributed by atoms with Gasteiger partial charge in [-0.1, -0.05) is 12.1 Å². The van der Waals surface area contributed by atoms with E-state index < -0.39 is 0 Å². The number of benzene rings is 1. The molecule has 1 aromatic carbocycles. The average Bonchev–Trinajstić information content (AvgIpc) is 2.54. The SMILES string of the molecule is CC(O)C1CCCN(C(=O)Cc2ccc(OCC#N)cc2)C1. The van der Waals surface area contributed by atoms with Crippen molar-refractivity contribution in [1.29, 1.82) is 5.26 Å². The van der Waals surface area contributed by atoms with Crippen LogP contribution in [0.15, 0.2) is 24.3 Å². The molecule has 2 rings (SSSR count). The Morgan fingerprint density at radius 1 is 1.50 bits per heavy atom. The van der Waals surface area contributed by atoms with E-state index in [0.29, 0.717) is 18.7 Å². The molecule has 1 N–H and O–H groups in total. The lowest BCUT2D eigenvalue weighted by atomic mass is 9.93. The maximum absolute atomic E-state index is 12.4. The van der Waals surface area contributed by atoms with E-state index in [-0.39, 0.29) is 24.5 Å². The van der Waals surface area contributed by atoms with Crippen molar-refractivity contribution < 1.29 is 14.6 Å². The number of ether oxygens (including phenoxy) is 1. The molecule has 1 amide bonds. The summed E-state index contributed by atoms with van der Waals surface area (Å²) in [4.78, 5) is 14.2. The molecule has 0 saturated carbocycles. The van der Waals surface area contributed by atoms with Crippen LogP contribution in [0.1, 0.15) is 25.3 Å². The van der Waals surface area contributed by atoms with Crippen LogP contribution in [-0.2, 0) is 11.2 Å². The first kappa shape index (κ1) is 16.3. The van der Waals surface area contributed by atoms with Gasteiger partial charge in [0, 0.05) is 19.0 Å². The minimum Gasteiger partial charge on any atom is -0.479 e. The number of hydrogen-bond donors (Lipinski definition) is 1. The molecule has 1 aliphatic heterocycles. The second kappa shape index (κ2) is 7.81. The van der Waals surface area contributed by atoms with Crippen molar-refractivity contribution in [2.75, 3.05) is 19.7 Å². The number of aliphatic hydroxyl groups is 1. The Balaban J connectivity index is 1.90. The van der Waals surface area contributed by atoms with Gasteiger partial charge >= 0.3 is 0 Å². The fourth-order valence-corrected chi connectivity index (χ4v) is 2.74. The molecule has 1 fully saturated rings. The van der Waals surface area contributed by atoms with Crippen LogP contribution in [0, 0.1) is 17.2 Å². The lowest BCUT2D eigenvalue weighted by Crippen LogP contribution is -2.43. The highest BCUT2D eigenvalue weighted by Gasteiger charge is 2.26. The Morgan fingerprint density at radius 2 is 2.23 bits per heavy atom. The smallest absolute Gasteiger partial charge is 0.227 e. The molecule has 118 valence electrons. The van der Waals surface area contributed by atoms with Gasteiger partial charge in [-0.25, -0.2) is 0 Å². The van der Waals surface area contributed by atoms with E-state index in [2.05, 4.69) is 0 Å². The highest BCUT2D eigenvalue weighted by molar-refractivity contribution is 5.78. The van der Waals surface area contributed by atoms with Crippen LogP contribution in [0.2, 0.25) is 0 Å². The van der Waals surface area contributed by atoms with E-state index in [1.165, 1.54) is 0 Å². The minimum atomic E-state index is -0.368. The third-order valence-electron chi connectivity index (χ3n) is 4.07. The number of piperidine rings is 1. The van der Waals surface area contributed by atoms with Gasteiger partial charge in [0.05, 0.1) is 12.5 Å². The summed E-state index contributed by atoms with van der Waals surface area (Å²) in [5.41, 5.74) is 0.925. The average molecular weight is 302 g/mol. The fraction of sp³-hybridized carbons (Fsp3) is 0.529. The van der Waals surface area contributed by atoms with Crippen LogP contribution < -0.4 is 4.74 Å². The molecule has 1 heterocycles. The molecule has 1 aliphatic rings. The zero-order valence-corrected chi connectivity index (χ0v) is 12.9. The van der Waals surface area contributed by atoms with Crippen molar-refractivity contribution in [2.45, 2.75) is 32.3 Å². The monoisotopic (exact) mass is 302 g/mol. The van der Waals surface area contributed by atoms with Crippen molar-refractivity contribution in [2.24, 2.45) is 5.92 Å². The van der Waals surface area contributed by atoms with Gasteiger partial charge < -0.3 is 14.7 Å². The summed E-state index contributed by atoms with van der Waals surface area (Å²) in [6.07, 6.45) is 1.91. The maximum atomic E-state index is 12.4. The molecule has 1 aromatic rings. The Kier molecular flexibility index (Phi) is 5.79. The molecule has 0 bridgehead atoms. The first-order valence-corrected chi connectivity index (χ1v) is 7.64. The van der Waals surface area contributed by atoms with Crippen molar-refractivity contribution in [3.63, 3.8) is 0 Å². The standard InChI is InChI=1S/C17H22N2O3/c1-13(20)15-3-2-9-19(12-15)17(21)11-14-4-6-16(7-5-14)22-10-8-18/h4-7,13,15,20H,2-3,9-12H2,1H3. The Labute approximate surface area is 131 Å².